The normalized spacial score (nSPS) is 16.9. The molecule has 1 aromatic carbocycles. The van der Waals surface area contributed by atoms with Crippen molar-refractivity contribution in [3.05, 3.63) is 35.4 Å². The smallest absolute Gasteiger partial charge is 0.163 e. The van der Waals surface area contributed by atoms with Crippen molar-refractivity contribution in [1.82, 2.24) is 10.2 Å². The summed E-state index contributed by atoms with van der Waals surface area (Å²) >= 11 is 0. The maximum atomic E-state index is 13.9. The lowest BCUT2D eigenvalue weighted by Gasteiger charge is -2.25. The van der Waals surface area contributed by atoms with Gasteiger partial charge in [0.15, 0.2) is 11.6 Å². The van der Waals surface area contributed by atoms with Crippen molar-refractivity contribution in [3.8, 4) is 0 Å². The molecule has 0 spiro atoms. The molecule has 19 heavy (non-hydrogen) atoms. The highest BCUT2D eigenvalue weighted by molar-refractivity contribution is 5.23. The van der Waals surface area contributed by atoms with Crippen LogP contribution in [0.5, 0.6) is 0 Å². The Morgan fingerprint density at radius 2 is 2.11 bits per heavy atom. The van der Waals surface area contributed by atoms with E-state index in [9.17, 15) is 8.78 Å². The lowest BCUT2D eigenvalue weighted by atomic mass is 10.0. The number of halogens is 2. The molecule has 106 valence electrons. The molecule has 1 unspecified atom stereocenters. The number of hydrogen-bond donors (Lipinski definition) is 1. The first-order valence-electron chi connectivity index (χ1n) is 7.01. The molecule has 1 aromatic rings. The van der Waals surface area contributed by atoms with Crippen molar-refractivity contribution < 1.29 is 8.78 Å². The van der Waals surface area contributed by atoms with Gasteiger partial charge in [-0.1, -0.05) is 19.1 Å². The van der Waals surface area contributed by atoms with Crippen LogP contribution in [0.3, 0.4) is 0 Å². The molecular formula is C15H22F2N2. The van der Waals surface area contributed by atoms with Crippen molar-refractivity contribution in [2.24, 2.45) is 0 Å². The Labute approximate surface area is 113 Å². The zero-order valence-corrected chi connectivity index (χ0v) is 11.6. The number of benzene rings is 1. The second-order valence-corrected chi connectivity index (χ2v) is 5.32. The SMILES string of the molecule is CCCNC(CN(C)C1CC1)c1cccc(F)c1F. The molecule has 0 saturated heterocycles. The number of likely N-dealkylation sites (N-methyl/N-ethyl adjacent to an activating group) is 1. The molecule has 2 nitrogen and oxygen atoms in total. The summed E-state index contributed by atoms with van der Waals surface area (Å²) in [6, 6.07) is 4.88. The van der Waals surface area contributed by atoms with Gasteiger partial charge in [0.05, 0.1) is 0 Å². The summed E-state index contributed by atoms with van der Waals surface area (Å²) in [4.78, 5) is 2.23. The molecule has 1 N–H and O–H groups in total. The number of hydrogen-bond acceptors (Lipinski definition) is 2. The second kappa shape index (κ2) is 6.44. The minimum absolute atomic E-state index is 0.152. The molecule has 1 fully saturated rings. The van der Waals surface area contributed by atoms with E-state index in [1.165, 1.54) is 18.9 Å². The van der Waals surface area contributed by atoms with Gasteiger partial charge in [0.1, 0.15) is 0 Å². The standard InChI is InChI=1S/C15H22F2N2/c1-3-9-18-14(10-19(2)11-7-8-11)12-5-4-6-13(16)15(12)17/h4-6,11,14,18H,3,7-10H2,1-2H3. The summed E-state index contributed by atoms with van der Waals surface area (Å²) in [5.74, 6) is -1.49. The van der Waals surface area contributed by atoms with Gasteiger partial charge in [-0.15, -0.1) is 0 Å². The molecule has 1 aliphatic rings. The fraction of sp³-hybridized carbons (Fsp3) is 0.600. The Kier molecular flexibility index (Phi) is 4.88. The molecule has 2 rings (SSSR count). The summed E-state index contributed by atoms with van der Waals surface area (Å²) < 4.78 is 27.3. The molecule has 1 aliphatic carbocycles. The first-order valence-corrected chi connectivity index (χ1v) is 7.01. The van der Waals surface area contributed by atoms with Crippen molar-refractivity contribution in [3.63, 3.8) is 0 Å². The van der Waals surface area contributed by atoms with Crippen LogP contribution in [0.25, 0.3) is 0 Å². The van der Waals surface area contributed by atoms with Crippen LogP contribution in [0.15, 0.2) is 18.2 Å². The van der Waals surface area contributed by atoms with Crippen LogP contribution in [-0.4, -0.2) is 31.1 Å². The lowest BCUT2D eigenvalue weighted by Crippen LogP contribution is -2.35. The van der Waals surface area contributed by atoms with Crippen LogP contribution in [0, 0.1) is 11.6 Å². The fourth-order valence-corrected chi connectivity index (χ4v) is 2.33. The summed E-state index contributed by atoms with van der Waals surface area (Å²) in [7, 11) is 2.05. The van der Waals surface area contributed by atoms with Crippen LogP contribution in [-0.2, 0) is 0 Å². The topological polar surface area (TPSA) is 15.3 Å². The van der Waals surface area contributed by atoms with Gasteiger partial charge in [-0.05, 0) is 38.9 Å². The van der Waals surface area contributed by atoms with Gasteiger partial charge in [0.25, 0.3) is 0 Å². The van der Waals surface area contributed by atoms with E-state index in [1.54, 1.807) is 12.1 Å². The fourth-order valence-electron chi connectivity index (χ4n) is 2.33. The molecule has 0 amide bonds. The largest absolute Gasteiger partial charge is 0.309 e. The van der Waals surface area contributed by atoms with Gasteiger partial charge in [-0.25, -0.2) is 8.78 Å². The van der Waals surface area contributed by atoms with Gasteiger partial charge < -0.3 is 10.2 Å². The monoisotopic (exact) mass is 268 g/mol. The average molecular weight is 268 g/mol. The van der Waals surface area contributed by atoms with Crippen LogP contribution in [0.1, 0.15) is 37.8 Å². The van der Waals surface area contributed by atoms with E-state index < -0.39 is 11.6 Å². The van der Waals surface area contributed by atoms with Gasteiger partial charge in [-0.2, -0.15) is 0 Å². The summed E-state index contributed by atoms with van der Waals surface area (Å²) in [6.07, 6.45) is 3.39. The predicted octanol–water partition coefficient (Wildman–Crippen LogP) is 3.10. The van der Waals surface area contributed by atoms with Crippen molar-refractivity contribution >= 4 is 0 Å². The molecule has 1 atom stereocenters. The highest BCUT2D eigenvalue weighted by Crippen LogP contribution is 2.28. The van der Waals surface area contributed by atoms with Crippen LogP contribution in [0.4, 0.5) is 8.78 Å². The third-order valence-electron chi connectivity index (χ3n) is 3.64. The van der Waals surface area contributed by atoms with E-state index in [4.69, 9.17) is 0 Å². The molecule has 0 radical (unpaired) electrons. The van der Waals surface area contributed by atoms with E-state index in [1.807, 2.05) is 0 Å². The predicted molar refractivity (Wildman–Crippen MR) is 73.0 cm³/mol. The van der Waals surface area contributed by atoms with Crippen LogP contribution < -0.4 is 5.32 Å². The van der Waals surface area contributed by atoms with Gasteiger partial charge in [0.2, 0.25) is 0 Å². The number of rotatable bonds is 7. The van der Waals surface area contributed by atoms with E-state index >= 15 is 0 Å². The summed E-state index contributed by atoms with van der Waals surface area (Å²) in [5.41, 5.74) is 0.431. The first kappa shape index (κ1) is 14.4. The van der Waals surface area contributed by atoms with Crippen molar-refractivity contribution in [2.45, 2.75) is 38.3 Å². The zero-order chi connectivity index (χ0) is 13.8. The quantitative estimate of drug-likeness (QED) is 0.817. The molecule has 0 bridgehead atoms. The van der Waals surface area contributed by atoms with Gasteiger partial charge >= 0.3 is 0 Å². The average Bonchev–Trinajstić information content (AvgIpc) is 3.22. The van der Waals surface area contributed by atoms with Crippen LogP contribution in [0.2, 0.25) is 0 Å². The molecule has 1 saturated carbocycles. The highest BCUT2D eigenvalue weighted by Gasteiger charge is 2.29. The zero-order valence-electron chi connectivity index (χ0n) is 11.6. The third-order valence-corrected chi connectivity index (χ3v) is 3.64. The molecule has 0 aliphatic heterocycles. The van der Waals surface area contributed by atoms with Crippen molar-refractivity contribution in [1.29, 1.82) is 0 Å². The van der Waals surface area contributed by atoms with E-state index in [-0.39, 0.29) is 6.04 Å². The Morgan fingerprint density at radius 3 is 2.74 bits per heavy atom. The molecule has 0 aromatic heterocycles. The first-order chi connectivity index (χ1) is 9.13. The Balaban J connectivity index is 2.12. The highest BCUT2D eigenvalue weighted by atomic mass is 19.2. The Hall–Kier alpha value is -1.00. The van der Waals surface area contributed by atoms with E-state index in [0.717, 1.165) is 13.0 Å². The maximum absolute atomic E-state index is 13.9. The van der Waals surface area contributed by atoms with Gasteiger partial charge in [-0.3, -0.25) is 0 Å². The summed E-state index contributed by atoms with van der Waals surface area (Å²) in [6.45, 7) is 3.58. The van der Waals surface area contributed by atoms with E-state index in [0.29, 0.717) is 18.2 Å². The molecular weight excluding hydrogens is 246 g/mol. The van der Waals surface area contributed by atoms with Crippen LogP contribution >= 0.6 is 0 Å². The molecule has 4 heteroatoms. The summed E-state index contributed by atoms with van der Waals surface area (Å²) in [5, 5.41) is 3.32. The minimum atomic E-state index is -0.769. The van der Waals surface area contributed by atoms with E-state index in [2.05, 4.69) is 24.2 Å². The maximum Gasteiger partial charge on any atom is 0.163 e. The minimum Gasteiger partial charge on any atom is -0.309 e. The lowest BCUT2D eigenvalue weighted by molar-refractivity contribution is 0.277. The number of nitrogens with zero attached hydrogens (tertiary/aromatic N) is 1. The van der Waals surface area contributed by atoms with Crippen molar-refractivity contribution in [2.75, 3.05) is 20.1 Å². The Morgan fingerprint density at radius 1 is 1.37 bits per heavy atom. The third kappa shape index (κ3) is 3.74. The second-order valence-electron chi connectivity index (χ2n) is 5.32. The number of nitrogens with one attached hydrogen (secondary N) is 1. The Bertz CT molecular complexity index is 419. The molecule has 0 heterocycles. The van der Waals surface area contributed by atoms with Gasteiger partial charge in [0, 0.05) is 24.2 Å².